The molecule has 0 aliphatic heterocycles. The Hall–Kier alpha value is -2.19. The number of rotatable bonds is 4. The summed E-state index contributed by atoms with van der Waals surface area (Å²) in [5.41, 5.74) is 0.446. The summed E-state index contributed by atoms with van der Waals surface area (Å²) in [5, 5.41) is 17.9. The molecule has 2 aromatic heterocycles. The Bertz CT molecular complexity index is 759. The smallest absolute Gasteiger partial charge is 0.308 e. The largest absolute Gasteiger partial charge is 0.312 e. The molecule has 0 radical (unpaired) electrons. The molecule has 2 heterocycles. The summed E-state index contributed by atoms with van der Waals surface area (Å²) in [5.74, 6) is -0.302. The van der Waals surface area contributed by atoms with Crippen molar-refractivity contribution in [3.8, 4) is 0 Å². The highest BCUT2D eigenvalue weighted by Crippen LogP contribution is 2.23. The second-order valence-electron chi connectivity index (χ2n) is 4.47. The lowest BCUT2D eigenvalue weighted by Crippen LogP contribution is -2.21. The molecule has 0 spiro atoms. The van der Waals surface area contributed by atoms with Gasteiger partial charge in [0.1, 0.15) is 17.9 Å². The van der Waals surface area contributed by atoms with Crippen LogP contribution in [0.2, 0.25) is 10.0 Å². The fourth-order valence-corrected chi connectivity index (χ4v) is 2.35. The van der Waals surface area contributed by atoms with Gasteiger partial charge in [-0.2, -0.15) is 5.10 Å². The van der Waals surface area contributed by atoms with Crippen LogP contribution in [-0.2, 0) is 11.3 Å². The summed E-state index contributed by atoms with van der Waals surface area (Å²) in [6, 6.07) is 1.44. The molecular weight excluding hydrogens is 333 g/mol. The number of aryl methyl sites for hydroxylation is 1. The van der Waals surface area contributed by atoms with Gasteiger partial charge in [-0.25, -0.2) is 4.98 Å². The molecule has 0 atom stereocenters. The summed E-state index contributed by atoms with van der Waals surface area (Å²) >= 11 is 11.6. The van der Waals surface area contributed by atoms with Crippen molar-refractivity contribution in [2.24, 2.45) is 0 Å². The van der Waals surface area contributed by atoms with E-state index in [1.54, 1.807) is 0 Å². The molecule has 116 valence electrons. The van der Waals surface area contributed by atoms with Crippen molar-refractivity contribution in [1.82, 2.24) is 14.8 Å². The van der Waals surface area contributed by atoms with Crippen LogP contribution in [0, 0.1) is 24.0 Å². The molecule has 0 aliphatic rings. The lowest BCUT2D eigenvalue weighted by molar-refractivity contribution is -0.386. The molecule has 10 heteroatoms. The zero-order chi connectivity index (χ0) is 16.4. The molecule has 2 aromatic rings. The standard InChI is InChI=1S/C12H11Cl2N5O3/c1-6-11(19(21)22)7(2)18(17-6)5-10(20)16-12-9(14)3-8(13)4-15-12/h3-4H,5H2,1-2H3,(H,15,16,20). The molecule has 0 aromatic carbocycles. The van der Waals surface area contributed by atoms with Crippen LogP contribution in [-0.4, -0.2) is 25.6 Å². The number of carbonyl (C=O) groups is 1. The number of carbonyl (C=O) groups excluding carboxylic acids is 1. The van der Waals surface area contributed by atoms with Crippen LogP contribution >= 0.6 is 23.2 Å². The van der Waals surface area contributed by atoms with Gasteiger partial charge in [-0.3, -0.25) is 19.6 Å². The van der Waals surface area contributed by atoms with E-state index in [4.69, 9.17) is 23.2 Å². The van der Waals surface area contributed by atoms with E-state index in [2.05, 4.69) is 15.4 Å². The third-order valence-corrected chi connectivity index (χ3v) is 3.38. The molecule has 0 saturated heterocycles. The van der Waals surface area contributed by atoms with E-state index in [1.807, 2.05) is 0 Å². The minimum Gasteiger partial charge on any atom is -0.308 e. The SMILES string of the molecule is Cc1nn(CC(=O)Nc2ncc(Cl)cc2Cl)c(C)c1[N+](=O)[O-]. The van der Waals surface area contributed by atoms with Gasteiger partial charge >= 0.3 is 5.69 Å². The zero-order valence-electron chi connectivity index (χ0n) is 11.6. The van der Waals surface area contributed by atoms with E-state index >= 15 is 0 Å². The molecule has 0 saturated carbocycles. The Balaban J connectivity index is 2.16. The summed E-state index contributed by atoms with van der Waals surface area (Å²) in [6.45, 7) is 2.84. The number of nitro groups is 1. The van der Waals surface area contributed by atoms with E-state index in [-0.39, 0.29) is 28.8 Å². The van der Waals surface area contributed by atoms with Crippen molar-refractivity contribution in [2.75, 3.05) is 5.32 Å². The average molecular weight is 344 g/mol. The predicted octanol–water partition coefficient (Wildman–Crippen LogP) is 2.75. The van der Waals surface area contributed by atoms with Gasteiger partial charge in [0.15, 0.2) is 5.82 Å². The quantitative estimate of drug-likeness (QED) is 0.678. The van der Waals surface area contributed by atoms with Crippen LogP contribution in [0.1, 0.15) is 11.4 Å². The summed E-state index contributed by atoms with van der Waals surface area (Å²) in [7, 11) is 0. The van der Waals surface area contributed by atoms with Crippen LogP contribution in [0.3, 0.4) is 0 Å². The highest BCUT2D eigenvalue weighted by molar-refractivity contribution is 6.36. The van der Waals surface area contributed by atoms with Gasteiger partial charge in [0, 0.05) is 6.20 Å². The van der Waals surface area contributed by atoms with Gasteiger partial charge in [-0.1, -0.05) is 23.2 Å². The molecular formula is C12H11Cl2N5O3. The Labute approximate surface area is 135 Å². The van der Waals surface area contributed by atoms with E-state index in [1.165, 1.54) is 30.8 Å². The maximum absolute atomic E-state index is 12.0. The number of anilines is 1. The van der Waals surface area contributed by atoms with E-state index in [0.29, 0.717) is 10.7 Å². The molecule has 0 bridgehead atoms. The summed E-state index contributed by atoms with van der Waals surface area (Å²) < 4.78 is 1.26. The number of hydrogen-bond donors (Lipinski definition) is 1. The van der Waals surface area contributed by atoms with Crippen molar-refractivity contribution < 1.29 is 9.72 Å². The van der Waals surface area contributed by atoms with Gasteiger partial charge in [0.05, 0.1) is 15.0 Å². The number of amides is 1. The van der Waals surface area contributed by atoms with E-state index in [9.17, 15) is 14.9 Å². The van der Waals surface area contributed by atoms with Crippen molar-refractivity contribution in [2.45, 2.75) is 20.4 Å². The van der Waals surface area contributed by atoms with Crippen LogP contribution in [0.15, 0.2) is 12.3 Å². The minimum atomic E-state index is -0.524. The molecule has 0 unspecified atom stereocenters. The fourth-order valence-electron chi connectivity index (χ4n) is 1.92. The average Bonchev–Trinajstić information content (AvgIpc) is 2.67. The summed E-state index contributed by atoms with van der Waals surface area (Å²) in [6.07, 6.45) is 1.34. The lowest BCUT2D eigenvalue weighted by Gasteiger charge is -2.07. The number of nitrogens with zero attached hydrogens (tertiary/aromatic N) is 4. The van der Waals surface area contributed by atoms with Gasteiger partial charge in [0.25, 0.3) is 0 Å². The highest BCUT2D eigenvalue weighted by atomic mass is 35.5. The van der Waals surface area contributed by atoms with Gasteiger partial charge in [0.2, 0.25) is 5.91 Å². The molecule has 1 N–H and O–H groups in total. The molecule has 8 nitrogen and oxygen atoms in total. The van der Waals surface area contributed by atoms with Gasteiger partial charge in [-0.05, 0) is 19.9 Å². The second kappa shape index (κ2) is 6.29. The van der Waals surface area contributed by atoms with Gasteiger partial charge in [-0.15, -0.1) is 0 Å². The molecule has 0 aliphatic carbocycles. The number of aromatic nitrogens is 3. The summed E-state index contributed by atoms with van der Waals surface area (Å²) in [4.78, 5) is 26.3. The van der Waals surface area contributed by atoms with Crippen LogP contribution in [0.25, 0.3) is 0 Å². The first-order valence-corrected chi connectivity index (χ1v) is 6.84. The Morgan fingerprint density at radius 3 is 2.68 bits per heavy atom. The topological polar surface area (TPSA) is 103 Å². The lowest BCUT2D eigenvalue weighted by atomic mass is 10.3. The Morgan fingerprint density at radius 2 is 2.14 bits per heavy atom. The van der Waals surface area contributed by atoms with E-state index < -0.39 is 10.8 Å². The molecule has 2 rings (SSSR count). The maximum atomic E-state index is 12.0. The van der Waals surface area contributed by atoms with Gasteiger partial charge < -0.3 is 5.32 Å². The minimum absolute atomic E-state index is 0.101. The van der Waals surface area contributed by atoms with Crippen LogP contribution in [0.5, 0.6) is 0 Å². The third kappa shape index (κ3) is 3.34. The molecule has 1 amide bonds. The van der Waals surface area contributed by atoms with Crippen molar-refractivity contribution >= 4 is 40.6 Å². The fraction of sp³-hybridized carbons (Fsp3) is 0.250. The number of nitrogens with one attached hydrogen (secondary N) is 1. The van der Waals surface area contributed by atoms with Crippen molar-refractivity contribution in [3.05, 3.63) is 43.8 Å². The monoisotopic (exact) mass is 343 g/mol. The first-order chi connectivity index (χ1) is 10.3. The second-order valence-corrected chi connectivity index (χ2v) is 5.31. The molecule has 0 fully saturated rings. The zero-order valence-corrected chi connectivity index (χ0v) is 13.1. The first kappa shape index (κ1) is 16.2. The number of pyridine rings is 1. The van der Waals surface area contributed by atoms with Crippen molar-refractivity contribution in [1.29, 1.82) is 0 Å². The van der Waals surface area contributed by atoms with E-state index in [0.717, 1.165) is 0 Å². The predicted molar refractivity (Wildman–Crippen MR) is 81.2 cm³/mol. The number of halogens is 2. The maximum Gasteiger partial charge on any atom is 0.312 e. The van der Waals surface area contributed by atoms with Crippen LogP contribution < -0.4 is 5.32 Å². The number of hydrogen-bond acceptors (Lipinski definition) is 5. The van der Waals surface area contributed by atoms with Crippen molar-refractivity contribution in [3.63, 3.8) is 0 Å². The Kier molecular flexibility index (Phi) is 4.62. The third-order valence-electron chi connectivity index (χ3n) is 2.88. The van der Waals surface area contributed by atoms with Crippen LogP contribution in [0.4, 0.5) is 11.5 Å². The molecule has 22 heavy (non-hydrogen) atoms. The normalized spacial score (nSPS) is 10.5. The first-order valence-electron chi connectivity index (χ1n) is 6.09. The Morgan fingerprint density at radius 1 is 1.45 bits per heavy atom. The highest BCUT2D eigenvalue weighted by Gasteiger charge is 2.22.